The van der Waals surface area contributed by atoms with Crippen LogP contribution in [0.25, 0.3) is 0 Å². The fourth-order valence-electron chi connectivity index (χ4n) is 3.53. The second-order valence-corrected chi connectivity index (χ2v) is 9.40. The average molecular weight is 483 g/mol. The number of carbonyl (C=O) groups is 4. The van der Waals surface area contributed by atoms with Crippen LogP contribution in [-0.4, -0.2) is 49.3 Å². The van der Waals surface area contributed by atoms with Crippen LogP contribution in [0.4, 0.5) is 0 Å². The van der Waals surface area contributed by atoms with Gasteiger partial charge in [0.05, 0.1) is 18.9 Å². The molecule has 0 aromatic rings. The summed E-state index contributed by atoms with van der Waals surface area (Å²) in [6.07, 6.45) is 5.97. The molecule has 0 aliphatic heterocycles. The normalized spacial score (nSPS) is 20.0. The second-order valence-electron chi connectivity index (χ2n) is 9.40. The van der Waals surface area contributed by atoms with Crippen LogP contribution >= 0.6 is 0 Å². The summed E-state index contributed by atoms with van der Waals surface area (Å²) in [6.45, 7) is 8.88. The van der Waals surface area contributed by atoms with Gasteiger partial charge in [-0.05, 0) is 12.5 Å². The topological polar surface area (TPSA) is 105 Å². The van der Waals surface area contributed by atoms with Crippen molar-refractivity contribution in [2.24, 2.45) is 11.8 Å². The Morgan fingerprint density at radius 2 is 1.41 bits per heavy atom. The smallest absolute Gasteiger partial charge is 0.333 e. The van der Waals surface area contributed by atoms with Gasteiger partial charge in [0.2, 0.25) is 0 Å². The Balaban J connectivity index is 2.97. The van der Waals surface area contributed by atoms with E-state index in [1.54, 1.807) is 27.7 Å². The van der Waals surface area contributed by atoms with Crippen molar-refractivity contribution in [1.82, 2.24) is 0 Å². The Kier molecular flexibility index (Phi) is 13.5. The van der Waals surface area contributed by atoms with Crippen molar-refractivity contribution in [2.45, 2.75) is 111 Å². The highest BCUT2D eigenvalue weighted by Crippen LogP contribution is 2.29. The minimum absolute atomic E-state index is 0.00373. The highest BCUT2D eigenvalue weighted by molar-refractivity contribution is 5.89. The van der Waals surface area contributed by atoms with E-state index in [0.717, 1.165) is 19.3 Å². The lowest BCUT2D eigenvalue weighted by Gasteiger charge is -2.35. The monoisotopic (exact) mass is 482 g/mol. The molecule has 0 bridgehead atoms. The first-order valence-corrected chi connectivity index (χ1v) is 12.5. The van der Waals surface area contributed by atoms with Gasteiger partial charge in [-0.15, -0.1) is 0 Å². The van der Waals surface area contributed by atoms with Crippen molar-refractivity contribution in [2.75, 3.05) is 7.11 Å². The van der Waals surface area contributed by atoms with Crippen LogP contribution in [0.2, 0.25) is 0 Å². The zero-order chi connectivity index (χ0) is 25.7. The molecule has 0 aromatic carbocycles. The molecule has 0 aromatic heterocycles. The number of hydrogen-bond acceptors (Lipinski definition) is 8. The molecule has 0 spiro atoms. The predicted octanol–water partition coefficient (Wildman–Crippen LogP) is 4.68. The van der Waals surface area contributed by atoms with Crippen molar-refractivity contribution >= 4 is 23.9 Å². The Labute approximate surface area is 203 Å². The maximum Gasteiger partial charge on any atom is 0.333 e. The summed E-state index contributed by atoms with van der Waals surface area (Å²) < 4.78 is 21.6. The molecule has 0 radical (unpaired) electrons. The third-order valence-corrected chi connectivity index (χ3v) is 5.64. The number of rotatable bonds is 14. The molecule has 194 valence electrons. The highest BCUT2D eigenvalue weighted by Gasteiger charge is 2.43. The zero-order valence-electron chi connectivity index (χ0n) is 21.6. The Morgan fingerprint density at radius 3 is 1.97 bits per heavy atom. The Hall–Kier alpha value is -2.38. The van der Waals surface area contributed by atoms with E-state index in [2.05, 4.69) is 6.92 Å². The summed E-state index contributed by atoms with van der Waals surface area (Å²) in [7, 11) is 1.24. The summed E-state index contributed by atoms with van der Waals surface area (Å²) >= 11 is 0. The molecule has 0 heterocycles. The molecular formula is C26H42O8. The average Bonchev–Trinajstić information content (AvgIpc) is 2.79. The molecule has 0 amide bonds. The predicted molar refractivity (Wildman–Crippen MR) is 127 cm³/mol. The summed E-state index contributed by atoms with van der Waals surface area (Å²) in [6, 6.07) is 0. The van der Waals surface area contributed by atoms with E-state index in [1.165, 1.54) is 32.4 Å². The van der Waals surface area contributed by atoms with Crippen LogP contribution in [-0.2, 0) is 38.1 Å². The van der Waals surface area contributed by atoms with Crippen molar-refractivity contribution in [3.63, 3.8) is 0 Å². The molecular weight excluding hydrogens is 440 g/mol. The number of methoxy groups -OCH3 is 1. The van der Waals surface area contributed by atoms with Crippen molar-refractivity contribution in [3.8, 4) is 0 Å². The van der Waals surface area contributed by atoms with Crippen LogP contribution < -0.4 is 0 Å². The van der Waals surface area contributed by atoms with Gasteiger partial charge in [0.1, 0.15) is 6.10 Å². The van der Waals surface area contributed by atoms with Crippen molar-refractivity contribution < 1.29 is 38.1 Å². The lowest BCUT2D eigenvalue weighted by molar-refractivity contribution is -0.186. The van der Waals surface area contributed by atoms with Gasteiger partial charge in [-0.2, -0.15) is 0 Å². The molecule has 1 aliphatic carbocycles. The molecule has 0 saturated heterocycles. The van der Waals surface area contributed by atoms with Gasteiger partial charge in [0.15, 0.2) is 12.2 Å². The van der Waals surface area contributed by atoms with Gasteiger partial charge < -0.3 is 18.9 Å². The van der Waals surface area contributed by atoms with Crippen LogP contribution in [0.3, 0.4) is 0 Å². The third-order valence-electron chi connectivity index (χ3n) is 5.64. The first-order valence-electron chi connectivity index (χ1n) is 12.5. The van der Waals surface area contributed by atoms with E-state index in [-0.39, 0.29) is 18.4 Å². The first-order chi connectivity index (χ1) is 16.1. The number of esters is 4. The first kappa shape index (κ1) is 29.7. The van der Waals surface area contributed by atoms with E-state index in [9.17, 15) is 19.2 Å². The number of ether oxygens (including phenoxy) is 4. The van der Waals surface area contributed by atoms with Gasteiger partial charge >= 0.3 is 23.9 Å². The van der Waals surface area contributed by atoms with Gasteiger partial charge in [0.25, 0.3) is 0 Å². The van der Waals surface area contributed by atoms with Gasteiger partial charge in [-0.1, -0.05) is 73.1 Å². The van der Waals surface area contributed by atoms with Crippen LogP contribution in [0.1, 0.15) is 92.4 Å². The minimum atomic E-state index is -1.07. The fourth-order valence-corrected chi connectivity index (χ4v) is 3.53. The molecule has 3 unspecified atom stereocenters. The van der Waals surface area contributed by atoms with E-state index in [0.29, 0.717) is 6.42 Å². The second kappa shape index (κ2) is 15.5. The Morgan fingerprint density at radius 1 is 0.853 bits per heavy atom. The van der Waals surface area contributed by atoms with Crippen molar-refractivity contribution in [1.29, 1.82) is 0 Å². The number of unbranched alkanes of at least 4 members (excludes halogenated alkanes) is 6. The molecule has 3 atom stereocenters. The lowest BCUT2D eigenvalue weighted by atomic mass is 9.91. The minimum Gasteiger partial charge on any atom is -0.466 e. The summed E-state index contributed by atoms with van der Waals surface area (Å²) in [5.74, 6) is -2.95. The SMILES string of the molecule is CCCCCCCCCC(=O)OC1C(OC(=O)C(C)C)C=C(C(=O)OC)CC1OC(=O)C(C)C. The fraction of sp³-hybridized carbons (Fsp3) is 0.769. The summed E-state index contributed by atoms with van der Waals surface area (Å²) in [5.41, 5.74) is 0.199. The standard InChI is InChI=1S/C26H42O8/c1-7-8-9-10-11-12-13-14-22(27)34-23-20(32-24(28)17(2)3)15-19(26(30)31-6)16-21(23)33-25(29)18(4)5/h15,17-18,20-21,23H,7-14,16H2,1-6H3. The van der Waals surface area contributed by atoms with Crippen LogP contribution in [0.15, 0.2) is 11.6 Å². The van der Waals surface area contributed by atoms with E-state index >= 15 is 0 Å². The maximum absolute atomic E-state index is 12.6. The molecule has 0 fully saturated rings. The largest absolute Gasteiger partial charge is 0.466 e. The molecule has 0 saturated carbocycles. The molecule has 8 heteroatoms. The highest BCUT2D eigenvalue weighted by atomic mass is 16.6. The number of carbonyl (C=O) groups excluding carboxylic acids is 4. The molecule has 1 rings (SSSR count). The van der Waals surface area contributed by atoms with Gasteiger partial charge in [-0.3, -0.25) is 14.4 Å². The molecule has 1 aliphatic rings. The maximum atomic E-state index is 12.6. The lowest BCUT2D eigenvalue weighted by Crippen LogP contribution is -2.48. The third kappa shape index (κ3) is 10.3. The van der Waals surface area contributed by atoms with E-state index in [1.807, 2.05) is 0 Å². The quantitative estimate of drug-likeness (QED) is 0.200. The van der Waals surface area contributed by atoms with E-state index in [4.69, 9.17) is 18.9 Å². The summed E-state index contributed by atoms with van der Waals surface area (Å²) in [5, 5.41) is 0. The van der Waals surface area contributed by atoms with Gasteiger partial charge in [0, 0.05) is 18.4 Å². The Bertz CT molecular complexity index is 710. The van der Waals surface area contributed by atoms with Crippen molar-refractivity contribution in [3.05, 3.63) is 11.6 Å². The number of hydrogen-bond donors (Lipinski definition) is 0. The van der Waals surface area contributed by atoms with Crippen LogP contribution in [0, 0.1) is 11.8 Å². The van der Waals surface area contributed by atoms with Crippen LogP contribution in [0.5, 0.6) is 0 Å². The molecule has 0 N–H and O–H groups in total. The zero-order valence-corrected chi connectivity index (χ0v) is 21.6. The molecule has 34 heavy (non-hydrogen) atoms. The van der Waals surface area contributed by atoms with Gasteiger partial charge in [-0.25, -0.2) is 4.79 Å². The summed E-state index contributed by atoms with van der Waals surface area (Å²) in [4.78, 5) is 49.5. The van der Waals surface area contributed by atoms with E-state index < -0.39 is 54.0 Å². The molecule has 8 nitrogen and oxygen atoms in total.